The molecule has 0 aliphatic carbocycles. The molecule has 1 aliphatic heterocycles. The van der Waals surface area contributed by atoms with E-state index in [-0.39, 0.29) is 5.60 Å². The third-order valence-corrected chi connectivity index (χ3v) is 3.64. The number of nitrogens with zero attached hydrogens (tertiary/aromatic N) is 1. The van der Waals surface area contributed by atoms with Crippen molar-refractivity contribution >= 4 is 0 Å². The van der Waals surface area contributed by atoms with Crippen molar-refractivity contribution < 1.29 is 4.74 Å². The maximum absolute atomic E-state index is 5.74. The van der Waals surface area contributed by atoms with Crippen LogP contribution in [0.3, 0.4) is 0 Å². The van der Waals surface area contributed by atoms with Gasteiger partial charge in [0.15, 0.2) is 0 Å². The monoisotopic (exact) mass is 242 g/mol. The Labute approximate surface area is 107 Å². The number of nitrogens with two attached hydrogens (primary N) is 1. The van der Waals surface area contributed by atoms with Gasteiger partial charge in [-0.3, -0.25) is 4.90 Å². The van der Waals surface area contributed by atoms with Crippen molar-refractivity contribution in [2.24, 2.45) is 11.1 Å². The van der Waals surface area contributed by atoms with E-state index in [2.05, 4.69) is 32.6 Å². The van der Waals surface area contributed by atoms with Crippen LogP contribution in [-0.2, 0) is 4.74 Å². The molecular formula is C14H30N2O. The lowest BCUT2D eigenvalue weighted by Crippen LogP contribution is -2.48. The van der Waals surface area contributed by atoms with E-state index in [9.17, 15) is 0 Å². The minimum atomic E-state index is 0.0365. The second-order valence-electron chi connectivity index (χ2n) is 6.71. The highest BCUT2D eigenvalue weighted by atomic mass is 16.5. The number of morpholine rings is 1. The van der Waals surface area contributed by atoms with E-state index in [1.165, 1.54) is 25.8 Å². The molecule has 0 saturated carbocycles. The molecule has 0 atom stereocenters. The van der Waals surface area contributed by atoms with Crippen LogP contribution in [-0.4, -0.2) is 43.3 Å². The number of rotatable bonds is 6. The Kier molecular flexibility index (Phi) is 5.42. The van der Waals surface area contributed by atoms with Gasteiger partial charge in [-0.05, 0) is 45.2 Å². The molecule has 1 heterocycles. The molecule has 0 aromatic heterocycles. The Bertz CT molecular complexity index is 226. The first-order valence-electron chi connectivity index (χ1n) is 6.91. The van der Waals surface area contributed by atoms with Crippen molar-refractivity contribution in [2.75, 3.05) is 32.8 Å². The molecule has 0 aromatic carbocycles. The fourth-order valence-electron chi connectivity index (χ4n) is 2.35. The summed E-state index contributed by atoms with van der Waals surface area (Å²) in [4.78, 5) is 2.53. The van der Waals surface area contributed by atoms with Crippen LogP contribution in [0, 0.1) is 5.41 Å². The molecular weight excluding hydrogens is 212 g/mol. The van der Waals surface area contributed by atoms with Crippen molar-refractivity contribution in [2.45, 2.75) is 52.6 Å². The smallest absolute Gasteiger partial charge is 0.0753 e. The molecule has 0 bridgehead atoms. The molecule has 17 heavy (non-hydrogen) atoms. The minimum absolute atomic E-state index is 0.0365. The van der Waals surface area contributed by atoms with Crippen LogP contribution in [0.25, 0.3) is 0 Å². The zero-order valence-corrected chi connectivity index (χ0v) is 12.1. The summed E-state index contributed by atoms with van der Waals surface area (Å²) in [5.74, 6) is 0. The Morgan fingerprint density at radius 3 is 2.59 bits per heavy atom. The fraction of sp³-hybridized carbons (Fsp3) is 1.00. The largest absolute Gasteiger partial charge is 0.373 e. The number of hydrogen-bond donors (Lipinski definition) is 1. The first-order chi connectivity index (χ1) is 7.85. The number of hydrogen-bond acceptors (Lipinski definition) is 3. The summed E-state index contributed by atoms with van der Waals surface area (Å²) in [5.41, 5.74) is 6.09. The van der Waals surface area contributed by atoms with Crippen LogP contribution in [0.4, 0.5) is 0 Å². The average Bonchev–Trinajstić information content (AvgIpc) is 2.23. The molecule has 0 spiro atoms. The molecule has 102 valence electrons. The van der Waals surface area contributed by atoms with Crippen molar-refractivity contribution in [3.05, 3.63) is 0 Å². The third-order valence-electron chi connectivity index (χ3n) is 3.64. The van der Waals surface area contributed by atoms with Gasteiger partial charge in [-0.1, -0.05) is 20.3 Å². The fourth-order valence-corrected chi connectivity index (χ4v) is 2.35. The van der Waals surface area contributed by atoms with E-state index in [1.54, 1.807) is 0 Å². The first-order valence-corrected chi connectivity index (χ1v) is 6.91. The van der Waals surface area contributed by atoms with Gasteiger partial charge < -0.3 is 10.5 Å². The normalized spacial score (nSPS) is 21.7. The van der Waals surface area contributed by atoms with E-state index < -0.39 is 0 Å². The Morgan fingerprint density at radius 2 is 2.00 bits per heavy atom. The highest BCUT2D eigenvalue weighted by Gasteiger charge is 2.26. The molecule has 1 rings (SSSR count). The van der Waals surface area contributed by atoms with Crippen molar-refractivity contribution in [1.29, 1.82) is 0 Å². The summed E-state index contributed by atoms with van der Waals surface area (Å²) in [5, 5.41) is 0. The number of unbranched alkanes of at least 4 members (excludes halogenated alkanes) is 1. The molecule has 3 heteroatoms. The lowest BCUT2D eigenvalue weighted by molar-refractivity contribution is -0.0861. The Balaban J connectivity index is 2.15. The van der Waals surface area contributed by atoms with E-state index in [0.717, 1.165) is 26.2 Å². The van der Waals surface area contributed by atoms with Gasteiger partial charge in [0, 0.05) is 13.1 Å². The molecule has 2 N–H and O–H groups in total. The summed E-state index contributed by atoms with van der Waals surface area (Å²) in [7, 11) is 0. The van der Waals surface area contributed by atoms with Gasteiger partial charge in [-0.2, -0.15) is 0 Å². The molecule has 1 aliphatic rings. The molecule has 0 amide bonds. The van der Waals surface area contributed by atoms with Crippen LogP contribution in [0.5, 0.6) is 0 Å². The van der Waals surface area contributed by atoms with Gasteiger partial charge in [0.2, 0.25) is 0 Å². The van der Waals surface area contributed by atoms with E-state index >= 15 is 0 Å². The summed E-state index contributed by atoms with van der Waals surface area (Å²) < 4.78 is 5.72. The van der Waals surface area contributed by atoms with E-state index in [0.29, 0.717) is 5.41 Å². The summed E-state index contributed by atoms with van der Waals surface area (Å²) >= 11 is 0. The maximum Gasteiger partial charge on any atom is 0.0753 e. The topological polar surface area (TPSA) is 38.5 Å². The summed E-state index contributed by atoms with van der Waals surface area (Å²) in [6.07, 6.45) is 3.79. The van der Waals surface area contributed by atoms with Gasteiger partial charge in [-0.15, -0.1) is 0 Å². The van der Waals surface area contributed by atoms with Crippen LogP contribution in [0.15, 0.2) is 0 Å². The molecule has 0 aromatic rings. The average molecular weight is 242 g/mol. The van der Waals surface area contributed by atoms with Gasteiger partial charge in [0.25, 0.3) is 0 Å². The highest BCUT2D eigenvalue weighted by Crippen LogP contribution is 2.22. The van der Waals surface area contributed by atoms with Crippen LogP contribution < -0.4 is 5.73 Å². The lowest BCUT2D eigenvalue weighted by atomic mass is 9.87. The first kappa shape index (κ1) is 14.9. The zero-order valence-electron chi connectivity index (χ0n) is 12.1. The minimum Gasteiger partial charge on any atom is -0.373 e. The molecule has 3 nitrogen and oxygen atoms in total. The number of ether oxygens (including phenoxy) is 1. The molecule has 0 radical (unpaired) electrons. The van der Waals surface area contributed by atoms with Gasteiger partial charge in [-0.25, -0.2) is 0 Å². The molecule has 1 saturated heterocycles. The second-order valence-corrected chi connectivity index (χ2v) is 6.71. The standard InChI is InChI=1S/C14H30N2O/c1-13(2,11-15)7-5-6-8-16-9-10-17-14(3,4)12-16/h5-12,15H2,1-4H3. The SMILES string of the molecule is CC(C)(CN)CCCCN1CCOC(C)(C)C1. The van der Waals surface area contributed by atoms with Crippen LogP contribution in [0.1, 0.15) is 47.0 Å². The maximum atomic E-state index is 5.74. The van der Waals surface area contributed by atoms with Gasteiger partial charge in [0.05, 0.1) is 12.2 Å². The van der Waals surface area contributed by atoms with E-state index in [1.807, 2.05) is 0 Å². The molecule has 1 fully saturated rings. The zero-order chi connectivity index (χ0) is 12.9. The van der Waals surface area contributed by atoms with E-state index in [4.69, 9.17) is 10.5 Å². The highest BCUT2D eigenvalue weighted by molar-refractivity contribution is 4.79. The van der Waals surface area contributed by atoms with Crippen molar-refractivity contribution in [1.82, 2.24) is 4.90 Å². The predicted octanol–water partition coefficient (Wildman–Crippen LogP) is 2.25. The third kappa shape index (κ3) is 5.84. The van der Waals surface area contributed by atoms with Crippen molar-refractivity contribution in [3.8, 4) is 0 Å². The second kappa shape index (κ2) is 6.17. The summed E-state index contributed by atoms with van der Waals surface area (Å²) in [6.45, 7) is 13.9. The Hall–Kier alpha value is -0.120. The lowest BCUT2D eigenvalue weighted by Gasteiger charge is -2.38. The van der Waals surface area contributed by atoms with Gasteiger partial charge in [0.1, 0.15) is 0 Å². The predicted molar refractivity (Wildman–Crippen MR) is 73.2 cm³/mol. The molecule has 0 unspecified atom stereocenters. The van der Waals surface area contributed by atoms with Gasteiger partial charge >= 0.3 is 0 Å². The quantitative estimate of drug-likeness (QED) is 0.726. The van der Waals surface area contributed by atoms with Crippen LogP contribution >= 0.6 is 0 Å². The Morgan fingerprint density at radius 1 is 1.29 bits per heavy atom. The van der Waals surface area contributed by atoms with Crippen molar-refractivity contribution in [3.63, 3.8) is 0 Å². The van der Waals surface area contributed by atoms with Crippen LogP contribution in [0.2, 0.25) is 0 Å². The summed E-state index contributed by atoms with van der Waals surface area (Å²) in [6, 6.07) is 0.